The summed E-state index contributed by atoms with van der Waals surface area (Å²) in [6.07, 6.45) is 2.12. The van der Waals surface area contributed by atoms with Gasteiger partial charge in [0, 0.05) is 12.8 Å². The van der Waals surface area contributed by atoms with Gasteiger partial charge in [-0.1, -0.05) is 47.5 Å². The Bertz CT molecular complexity index is 1380. The smallest absolute Gasteiger partial charge is 0.465 e. The van der Waals surface area contributed by atoms with Gasteiger partial charge in [-0.2, -0.15) is 0 Å². The summed E-state index contributed by atoms with van der Waals surface area (Å²) in [5.74, 6) is -3.42. The lowest BCUT2D eigenvalue weighted by Gasteiger charge is -2.15. The molecule has 0 aliphatic carbocycles. The molecule has 2 aliphatic heterocycles. The molecule has 2 saturated heterocycles. The average Bonchev–Trinajstić information content (AvgIpc) is 3.62. The van der Waals surface area contributed by atoms with Crippen LogP contribution in [0.25, 0.3) is 0 Å². The molecule has 0 radical (unpaired) electrons. The second-order valence-electron chi connectivity index (χ2n) is 12.3. The summed E-state index contributed by atoms with van der Waals surface area (Å²) < 4.78 is 19.0. The van der Waals surface area contributed by atoms with E-state index in [2.05, 4.69) is 4.74 Å². The largest absolute Gasteiger partial charge is 0.488 e. The standard InChI is InChI=1S/C15H16O5.C12H18O5.C7H9BO2/c1-10-2-4-11(5-3-10)15(18)20-13(16)7-6-12-8-9-19-14(12)17;1-12(2,3)11(15)17-9(13)5-4-8-6-7-16-10(8)14;1-6-2-4-7(5-3-6)8(9)10/h2-5,12H,6-9H2,1H3;8H,4-7H2,1-3H3;2-5,9-10H,1H3. The molecule has 4 rings (SSSR count). The van der Waals surface area contributed by atoms with Crippen molar-refractivity contribution in [1.29, 1.82) is 0 Å². The second-order valence-corrected chi connectivity index (χ2v) is 12.3. The van der Waals surface area contributed by atoms with Crippen molar-refractivity contribution in [2.24, 2.45) is 17.3 Å². The Hall–Kier alpha value is -4.36. The molecule has 13 heteroatoms. The van der Waals surface area contributed by atoms with Crippen LogP contribution in [0.2, 0.25) is 0 Å². The average molecular weight is 655 g/mol. The molecule has 0 spiro atoms. The van der Waals surface area contributed by atoms with Gasteiger partial charge in [-0.05, 0) is 77.9 Å². The first kappa shape index (κ1) is 38.8. The van der Waals surface area contributed by atoms with E-state index < -0.39 is 36.4 Å². The van der Waals surface area contributed by atoms with E-state index >= 15 is 0 Å². The Morgan fingerprint density at radius 1 is 0.745 bits per heavy atom. The van der Waals surface area contributed by atoms with E-state index in [1.54, 1.807) is 57.2 Å². The van der Waals surface area contributed by atoms with E-state index in [1.807, 2.05) is 26.0 Å². The second kappa shape index (κ2) is 18.7. The van der Waals surface area contributed by atoms with Crippen molar-refractivity contribution in [2.75, 3.05) is 13.2 Å². The van der Waals surface area contributed by atoms with Gasteiger partial charge in [-0.25, -0.2) is 4.79 Å². The summed E-state index contributed by atoms with van der Waals surface area (Å²) in [5.41, 5.74) is 2.31. The Morgan fingerprint density at radius 3 is 1.55 bits per heavy atom. The molecule has 2 aromatic rings. The van der Waals surface area contributed by atoms with Crippen molar-refractivity contribution in [3.8, 4) is 0 Å². The lowest BCUT2D eigenvalue weighted by atomic mass is 9.80. The monoisotopic (exact) mass is 654 g/mol. The number of rotatable bonds is 8. The third-order valence-electron chi connectivity index (χ3n) is 7.17. The predicted octanol–water partition coefficient (Wildman–Crippen LogP) is 3.14. The Kier molecular flexibility index (Phi) is 15.5. The molecule has 0 bridgehead atoms. The van der Waals surface area contributed by atoms with Crippen LogP contribution in [0.3, 0.4) is 0 Å². The van der Waals surface area contributed by atoms with Crippen LogP contribution in [-0.4, -0.2) is 66.2 Å². The van der Waals surface area contributed by atoms with Crippen molar-refractivity contribution in [3.05, 3.63) is 65.2 Å². The van der Waals surface area contributed by atoms with Gasteiger partial charge in [0.05, 0.1) is 36.0 Å². The molecule has 2 aromatic carbocycles. The van der Waals surface area contributed by atoms with Gasteiger partial charge in [-0.3, -0.25) is 24.0 Å². The molecule has 0 aromatic heterocycles. The lowest BCUT2D eigenvalue weighted by Crippen LogP contribution is -2.29. The van der Waals surface area contributed by atoms with Crippen LogP contribution >= 0.6 is 0 Å². The van der Waals surface area contributed by atoms with E-state index in [0.29, 0.717) is 49.9 Å². The number of hydrogen-bond donors (Lipinski definition) is 2. The minimum Gasteiger partial charge on any atom is -0.465 e. The molecule has 2 heterocycles. The Balaban J connectivity index is 0.000000258. The Labute approximate surface area is 274 Å². The molecule has 0 saturated carbocycles. The normalized spacial score (nSPS) is 16.7. The van der Waals surface area contributed by atoms with E-state index in [1.165, 1.54) is 0 Å². The minimum atomic E-state index is -1.35. The van der Waals surface area contributed by atoms with Gasteiger partial charge in [0.15, 0.2) is 0 Å². The number of benzene rings is 2. The third-order valence-corrected chi connectivity index (χ3v) is 7.17. The van der Waals surface area contributed by atoms with Crippen LogP contribution in [0, 0.1) is 31.1 Å². The van der Waals surface area contributed by atoms with Crippen LogP contribution in [0.15, 0.2) is 48.5 Å². The van der Waals surface area contributed by atoms with Crippen molar-refractivity contribution in [3.63, 3.8) is 0 Å². The molecule has 2 unspecified atom stereocenters. The maximum absolute atomic E-state index is 11.7. The SMILES string of the molecule is CC(C)(C)C(=O)OC(=O)CCC1CCOC1=O.Cc1ccc(B(O)O)cc1.Cc1ccc(C(=O)OC(=O)CCC2CCOC2=O)cc1. The highest BCUT2D eigenvalue weighted by Crippen LogP contribution is 2.22. The van der Waals surface area contributed by atoms with E-state index in [4.69, 9.17) is 24.3 Å². The lowest BCUT2D eigenvalue weighted by molar-refractivity contribution is -0.165. The molecule has 2 aliphatic rings. The number of carbonyl (C=O) groups is 6. The van der Waals surface area contributed by atoms with Crippen molar-refractivity contribution in [1.82, 2.24) is 0 Å². The first-order valence-corrected chi connectivity index (χ1v) is 15.4. The first-order chi connectivity index (χ1) is 22.1. The molecule has 12 nitrogen and oxygen atoms in total. The molecule has 254 valence electrons. The molecular weight excluding hydrogens is 611 g/mol. The summed E-state index contributed by atoms with van der Waals surface area (Å²) >= 11 is 0. The summed E-state index contributed by atoms with van der Waals surface area (Å²) in [4.78, 5) is 68.4. The van der Waals surface area contributed by atoms with E-state index in [9.17, 15) is 28.8 Å². The van der Waals surface area contributed by atoms with E-state index in [-0.39, 0.29) is 36.6 Å². The van der Waals surface area contributed by atoms with Crippen molar-refractivity contribution >= 4 is 48.4 Å². The molecule has 47 heavy (non-hydrogen) atoms. The highest BCUT2D eigenvalue weighted by molar-refractivity contribution is 6.58. The summed E-state index contributed by atoms with van der Waals surface area (Å²) in [6.45, 7) is 9.71. The molecule has 0 amide bonds. The summed E-state index contributed by atoms with van der Waals surface area (Å²) in [6, 6.07) is 13.8. The maximum Gasteiger partial charge on any atom is 0.488 e. The predicted molar refractivity (Wildman–Crippen MR) is 170 cm³/mol. The molecule has 2 N–H and O–H groups in total. The molecule has 2 fully saturated rings. The molecule has 2 atom stereocenters. The van der Waals surface area contributed by atoms with Gasteiger partial charge >= 0.3 is 42.9 Å². The fourth-order valence-electron chi connectivity index (χ4n) is 4.13. The maximum atomic E-state index is 11.7. The number of hydrogen-bond acceptors (Lipinski definition) is 12. The summed E-state index contributed by atoms with van der Waals surface area (Å²) in [7, 11) is -1.35. The third kappa shape index (κ3) is 14.3. The van der Waals surface area contributed by atoms with Crippen molar-refractivity contribution in [2.45, 2.75) is 73.1 Å². The number of cyclic esters (lactones) is 2. The minimum absolute atomic E-state index is 0.0391. The van der Waals surface area contributed by atoms with Gasteiger partial charge in [0.25, 0.3) is 0 Å². The zero-order valence-corrected chi connectivity index (χ0v) is 27.5. The number of carbonyl (C=O) groups excluding carboxylic acids is 6. The van der Waals surface area contributed by atoms with Crippen LogP contribution in [0.1, 0.15) is 80.8 Å². The van der Waals surface area contributed by atoms with Crippen LogP contribution in [-0.2, 0) is 42.9 Å². The zero-order chi connectivity index (χ0) is 35.1. The van der Waals surface area contributed by atoms with Gasteiger partial charge in [-0.15, -0.1) is 0 Å². The van der Waals surface area contributed by atoms with E-state index in [0.717, 1.165) is 11.1 Å². The van der Waals surface area contributed by atoms with Crippen LogP contribution < -0.4 is 5.46 Å². The number of aryl methyl sites for hydroxylation is 2. The van der Waals surface area contributed by atoms with Crippen LogP contribution in [0.4, 0.5) is 0 Å². The summed E-state index contributed by atoms with van der Waals surface area (Å²) in [5, 5.41) is 17.3. The fraction of sp³-hybridized carbons (Fsp3) is 0.471. The zero-order valence-electron chi connectivity index (χ0n) is 27.5. The highest BCUT2D eigenvalue weighted by Gasteiger charge is 2.30. The number of esters is 6. The molecular formula is C34H43BO12. The van der Waals surface area contributed by atoms with Gasteiger partial charge in [0.1, 0.15) is 0 Å². The topological polar surface area (TPSA) is 180 Å². The number of ether oxygens (including phenoxy) is 4. The quantitative estimate of drug-likeness (QED) is 0.184. The van der Waals surface area contributed by atoms with Crippen molar-refractivity contribution < 1.29 is 57.8 Å². The Morgan fingerprint density at radius 2 is 1.17 bits per heavy atom. The van der Waals surface area contributed by atoms with Crippen LogP contribution in [0.5, 0.6) is 0 Å². The first-order valence-electron chi connectivity index (χ1n) is 15.4. The van der Waals surface area contributed by atoms with Gasteiger partial charge in [0.2, 0.25) is 0 Å². The highest BCUT2D eigenvalue weighted by atomic mass is 16.6. The van der Waals surface area contributed by atoms with Gasteiger partial charge < -0.3 is 29.0 Å². The fourth-order valence-corrected chi connectivity index (χ4v) is 4.13.